The molecule has 0 unspecified atom stereocenters. The van der Waals surface area contributed by atoms with Gasteiger partial charge < -0.3 is 14.7 Å². The van der Waals surface area contributed by atoms with E-state index in [4.69, 9.17) is 0 Å². The van der Waals surface area contributed by atoms with Crippen molar-refractivity contribution in [2.24, 2.45) is 5.92 Å². The number of rotatable bonds is 4. The highest BCUT2D eigenvalue weighted by Crippen LogP contribution is 2.24. The maximum Gasteiger partial charge on any atom is 0.228 e. The summed E-state index contributed by atoms with van der Waals surface area (Å²) in [5.41, 5.74) is 3.25. The predicted molar refractivity (Wildman–Crippen MR) is 110 cm³/mol. The van der Waals surface area contributed by atoms with Gasteiger partial charge in [0.05, 0.1) is 5.92 Å². The normalized spacial score (nSPS) is 19.7. The van der Waals surface area contributed by atoms with E-state index in [0.29, 0.717) is 45.7 Å². The molecule has 0 spiro atoms. The number of piperazine rings is 1. The van der Waals surface area contributed by atoms with Crippen LogP contribution in [0.1, 0.15) is 17.5 Å². The van der Waals surface area contributed by atoms with Crippen molar-refractivity contribution in [1.29, 1.82) is 0 Å². The van der Waals surface area contributed by atoms with Crippen LogP contribution in [0.15, 0.2) is 48.5 Å². The SMILES string of the molecule is Cc1ccc(CN2C[C@H](C(=O)N3CCN(c4ccc(F)cc4)CC3)CC2=O)cc1. The quantitative estimate of drug-likeness (QED) is 0.800. The maximum absolute atomic E-state index is 13.1. The molecule has 2 aromatic carbocycles. The van der Waals surface area contributed by atoms with Crippen molar-refractivity contribution in [2.45, 2.75) is 19.9 Å². The highest BCUT2D eigenvalue weighted by Gasteiger charge is 2.37. The van der Waals surface area contributed by atoms with Crippen molar-refractivity contribution >= 4 is 17.5 Å². The second-order valence-corrected chi connectivity index (χ2v) is 7.95. The molecule has 1 atom stereocenters. The molecule has 2 aliphatic rings. The average molecular weight is 395 g/mol. The summed E-state index contributed by atoms with van der Waals surface area (Å²) < 4.78 is 13.1. The number of likely N-dealkylation sites (tertiary alicyclic amines) is 1. The van der Waals surface area contributed by atoms with Crippen LogP contribution >= 0.6 is 0 Å². The minimum atomic E-state index is -0.259. The number of carbonyl (C=O) groups is 2. The van der Waals surface area contributed by atoms with Crippen molar-refractivity contribution in [3.05, 3.63) is 65.5 Å². The Morgan fingerprint density at radius 3 is 2.31 bits per heavy atom. The largest absolute Gasteiger partial charge is 0.368 e. The van der Waals surface area contributed by atoms with Crippen molar-refractivity contribution in [2.75, 3.05) is 37.6 Å². The van der Waals surface area contributed by atoms with Crippen LogP contribution in [0.25, 0.3) is 0 Å². The van der Waals surface area contributed by atoms with Gasteiger partial charge in [0, 0.05) is 51.4 Å². The van der Waals surface area contributed by atoms with Crippen molar-refractivity contribution in [3.63, 3.8) is 0 Å². The highest BCUT2D eigenvalue weighted by atomic mass is 19.1. The van der Waals surface area contributed by atoms with Crippen LogP contribution < -0.4 is 4.90 Å². The summed E-state index contributed by atoms with van der Waals surface area (Å²) in [6.45, 7) is 5.76. The Balaban J connectivity index is 1.31. The zero-order valence-corrected chi connectivity index (χ0v) is 16.7. The van der Waals surface area contributed by atoms with E-state index in [9.17, 15) is 14.0 Å². The zero-order chi connectivity index (χ0) is 20.4. The van der Waals surface area contributed by atoms with Crippen LogP contribution in [0.5, 0.6) is 0 Å². The molecule has 0 saturated carbocycles. The molecule has 2 fully saturated rings. The van der Waals surface area contributed by atoms with Crippen LogP contribution in [0.4, 0.5) is 10.1 Å². The molecule has 5 nitrogen and oxygen atoms in total. The number of hydrogen-bond donors (Lipinski definition) is 0. The fraction of sp³-hybridized carbons (Fsp3) is 0.391. The molecule has 2 heterocycles. The molecule has 2 aromatic rings. The lowest BCUT2D eigenvalue weighted by Crippen LogP contribution is -2.50. The van der Waals surface area contributed by atoms with Crippen LogP contribution in [0, 0.1) is 18.7 Å². The van der Waals surface area contributed by atoms with Gasteiger partial charge in [0.15, 0.2) is 0 Å². The van der Waals surface area contributed by atoms with Crippen molar-refractivity contribution < 1.29 is 14.0 Å². The third kappa shape index (κ3) is 4.42. The van der Waals surface area contributed by atoms with E-state index < -0.39 is 0 Å². The number of nitrogens with zero attached hydrogens (tertiary/aromatic N) is 3. The molecular formula is C23H26FN3O2. The second kappa shape index (κ2) is 8.23. The molecule has 4 rings (SSSR count). The average Bonchev–Trinajstić information content (AvgIpc) is 3.10. The monoisotopic (exact) mass is 395 g/mol. The van der Waals surface area contributed by atoms with Gasteiger partial charge in [-0.2, -0.15) is 0 Å². The Morgan fingerprint density at radius 2 is 1.66 bits per heavy atom. The van der Waals surface area contributed by atoms with Gasteiger partial charge in [0.2, 0.25) is 11.8 Å². The Hall–Kier alpha value is -2.89. The summed E-state index contributed by atoms with van der Waals surface area (Å²) in [7, 11) is 0. The molecule has 0 aromatic heterocycles. The van der Waals surface area contributed by atoms with Crippen molar-refractivity contribution in [1.82, 2.24) is 9.80 Å². The number of anilines is 1. The first-order chi connectivity index (χ1) is 14.0. The number of carbonyl (C=O) groups excluding carboxylic acids is 2. The summed E-state index contributed by atoms with van der Waals surface area (Å²) in [5, 5.41) is 0. The van der Waals surface area contributed by atoms with E-state index in [0.717, 1.165) is 11.3 Å². The number of hydrogen-bond acceptors (Lipinski definition) is 3. The summed E-state index contributed by atoms with van der Waals surface area (Å²) in [6, 6.07) is 14.6. The summed E-state index contributed by atoms with van der Waals surface area (Å²) in [4.78, 5) is 31.2. The summed E-state index contributed by atoms with van der Waals surface area (Å²) >= 11 is 0. The Bertz CT molecular complexity index is 874. The van der Waals surface area contributed by atoms with Gasteiger partial charge in [-0.15, -0.1) is 0 Å². The second-order valence-electron chi connectivity index (χ2n) is 7.95. The molecule has 2 amide bonds. The van der Waals surface area contributed by atoms with Crippen LogP contribution in [-0.2, 0) is 16.1 Å². The molecular weight excluding hydrogens is 369 g/mol. The van der Waals surface area contributed by atoms with E-state index in [1.54, 1.807) is 17.0 Å². The predicted octanol–water partition coefficient (Wildman–Crippen LogP) is 2.83. The third-order valence-corrected chi connectivity index (χ3v) is 5.84. The van der Waals surface area contributed by atoms with E-state index in [1.165, 1.54) is 17.7 Å². The molecule has 29 heavy (non-hydrogen) atoms. The van der Waals surface area contributed by atoms with Crippen LogP contribution in [0.3, 0.4) is 0 Å². The number of halogens is 1. The van der Waals surface area contributed by atoms with Gasteiger partial charge in [-0.1, -0.05) is 29.8 Å². The topological polar surface area (TPSA) is 43.9 Å². The number of aryl methyl sites for hydroxylation is 1. The van der Waals surface area contributed by atoms with Crippen molar-refractivity contribution in [3.8, 4) is 0 Å². The lowest BCUT2D eigenvalue weighted by Gasteiger charge is -2.37. The Labute approximate surface area is 170 Å². The molecule has 2 saturated heterocycles. The lowest BCUT2D eigenvalue weighted by molar-refractivity contribution is -0.136. The first-order valence-electron chi connectivity index (χ1n) is 10.1. The molecule has 0 bridgehead atoms. The van der Waals surface area contributed by atoms with Crippen LogP contribution in [0.2, 0.25) is 0 Å². The molecule has 0 radical (unpaired) electrons. The summed E-state index contributed by atoms with van der Waals surface area (Å²) in [5.74, 6) is -0.383. The number of benzene rings is 2. The van der Waals surface area contributed by atoms with Gasteiger partial charge in [-0.3, -0.25) is 9.59 Å². The van der Waals surface area contributed by atoms with Gasteiger partial charge in [-0.05, 0) is 36.8 Å². The minimum Gasteiger partial charge on any atom is -0.368 e. The van der Waals surface area contributed by atoms with E-state index >= 15 is 0 Å². The van der Waals surface area contributed by atoms with Gasteiger partial charge >= 0.3 is 0 Å². The Morgan fingerprint density at radius 1 is 1.00 bits per heavy atom. The smallest absolute Gasteiger partial charge is 0.228 e. The molecule has 152 valence electrons. The van der Waals surface area contributed by atoms with Crippen LogP contribution in [-0.4, -0.2) is 54.3 Å². The fourth-order valence-corrected chi connectivity index (χ4v) is 4.10. The molecule has 6 heteroatoms. The maximum atomic E-state index is 13.1. The summed E-state index contributed by atoms with van der Waals surface area (Å²) in [6.07, 6.45) is 0.295. The van der Waals surface area contributed by atoms with E-state index in [-0.39, 0.29) is 23.5 Å². The van der Waals surface area contributed by atoms with E-state index in [2.05, 4.69) is 4.90 Å². The molecule has 0 aliphatic carbocycles. The first kappa shape index (κ1) is 19.4. The highest BCUT2D eigenvalue weighted by molar-refractivity contribution is 5.89. The Kier molecular flexibility index (Phi) is 5.51. The molecule has 0 N–H and O–H groups in total. The van der Waals surface area contributed by atoms with Gasteiger partial charge in [0.1, 0.15) is 5.82 Å². The minimum absolute atomic E-state index is 0.0499. The first-order valence-corrected chi connectivity index (χ1v) is 10.1. The fourth-order valence-electron chi connectivity index (χ4n) is 4.10. The lowest BCUT2D eigenvalue weighted by atomic mass is 10.1. The number of amides is 2. The standard InChI is InChI=1S/C23H26FN3O2/c1-17-2-4-18(5-3-17)15-27-16-19(14-22(27)28)23(29)26-12-10-25(11-13-26)21-8-6-20(24)7-9-21/h2-9,19H,10-16H2,1H3/t19-/m1/s1. The molecule has 2 aliphatic heterocycles. The third-order valence-electron chi connectivity index (χ3n) is 5.84. The van der Waals surface area contributed by atoms with E-state index in [1.807, 2.05) is 36.1 Å². The van der Waals surface area contributed by atoms with Gasteiger partial charge in [0.25, 0.3) is 0 Å². The zero-order valence-electron chi connectivity index (χ0n) is 16.7. The van der Waals surface area contributed by atoms with Gasteiger partial charge in [-0.25, -0.2) is 4.39 Å².